The first-order chi connectivity index (χ1) is 10.1. The summed E-state index contributed by atoms with van der Waals surface area (Å²) in [6, 6.07) is 5.55. The van der Waals surface area contributed by atoms with Gasteiger partial charge in [-0.2, -0.15) is 0 Å². The largest absolute Gasteiger partial charge is 0.364 e. The Morgan fingerprint density at radius 2 is 2.05 bits per heavy atom. The maximum absolute atomic E-state index is 13.4. The first-order valence-corrected chi connectivity index (χ1v) is 6.93. The van der Waals surface area contributed by atoms with Crippen LogP contribution in [0.4, 0.5) is 15.8 Å². The molecule has 21 heavy (non-hydrogen) atoms. The highest BCUT2D eigenvalue weighted by Crippen LogP contribution is 2.43. The molecule has 5 heteroatoms. The van der Waals surface area contributed by atoms with E-state index in [9.17, 15) is 9.18 Å². The van der Waals surface area contributed by atoms with Crippen molar-refractivity contribution in [3.05, 3.63) is 42.0 Å². The minimum Gasteiger partial charge on any atom is -0.364 e. The van der Waals surface area contributed by atoms with Crippen molar-refractivity contribution in [1.29, 1.82) is 0 Å². The van der Waals surface area contributed by atoms with E-state index >= 15 is 0 Å². The third-order valence-corrected chi connectivity index (χ3v) is 4.17. The van der Waals surface area contributed by atoms with E-state index in [1.807, 2.05) is 29.0 Å². The maximum Gasteiger partial charge on any atom is 0.246 e. The van der Waals surface area contributed by atoms with Gasteiger partial charge in [-0.25, -0.2) is 4.39 Å². The van der Waals surface area contributed by atoms with Crippen LogP contribution in [0.3, 0.4) is 0 Å². The predicted molar refractivity (Wildman–Crippen MR) is 79.0 cm³/mol. The lowest BCUT2D eigenvalue weighted by Crippen LogP contribution is -2.42. The Bertz CT molecular complexity index is 759. The summed E-state index contributed by atoms with van der Waals surface area (Å²) >= 11 is 0. The molecule has 2 aliphatic rings. The number of pyridine rings is 1. The van der Waals surface area contributed by atoms with E-state index in [-0.39, 0.29) is 11.7 Å². The molecule has 0 fully saturated rings. The summed E-state index contributed by atoms with van der Waals surface area (Å²) in [5.41, 5.74) is 4.90. The highest BCUT2D eigenvalue weighted by atomic mass is 19.1. The van der Waals surface area contributed by atoms with Crippen molar-refractivity contribution in [3.8, 4) is 11.1 Å². The van der Waals surface area contributed by atoms with E-state index in [1.165, 1.54) is 12.3 Å². The second-order valence-corrected chi connectivity index (χ2v) is 5.55. The average molecular weight is 283 g/mol. The number of amides is 1. The molecule has 1 amide bonds. The molecule has 4 rings (SSSR count). The lowest BCUT2D eigenvalue weighted by molar-refractivity contribution is -0.117. The van der Waals surface area contributed by atoms with E-state index in [1.54, 1.807) is 6.20 Å². The van der Waals surface area contributed by atoms with Crippen molar-refractivity contribution in [2.75, 3.05) is 29.9 Å². The molecule has 0 unspecified atom stereocenters. The Balaban J connectivity index is 1.91. The van der Waals surface area contributed by atoms with Gasteiger partial charge in [-0.15, -0.1) is 0 Å². The molecule has 0 atom stereocenters. The molecule has 0 aliphatic carbocycles. The van der Waals surface area contributed by atoms with Crippen LogP contribution in [0.1, 0.15) is 5.56 Å². The van der Waals surface area contributed by atoms with Crippen molar-refractivity contribution in [2.24, 2.45) is 0 Å². The van der Waals surface area contributed by atoms with Gasteiger partial charge in [-0.05, 0) is 35.7 Å². The summed E-state index contributed by atoms with van der Waals surface area (Å²) < 4.78 is 13.4. The number of carbonyl (C=O) groups excluding carboxylic acids is 1. The average Bonchev–Trinajstić information content (AvgIpc) is 2.89. The van der Waals surface area contributed by atoms with E-state index in [2.05, 4.69) is 4.98 Å². The van der Waals surface area contributed by atoms with Crippen molar-refractivity contribution in [3.63, 3.8) is 0 Å². The Labute approximate surface area is 121 Å². The molecule has 0 saturated heterocycles. The first-order valence-electron chi connectivity index (χ1n) is 6.93. The van der Waals surface area contributed by atoms with E-state index in [0.717, 1.165) is 41.0 Å². The second-order valence-electron chi connectivity index (χ2n) is 5.55. The van der Waals surface area contributed by atoms with Gasteiger partial charge in [0.25, 0.3) is 0 Å². The van der Waals surface area contributed by atoms with Gasteiger partial charge in [-0.3, -0.25) is 9.78 Å². The Morgan fingerprint density at radius 3 is 2.86 bits per heavy atom. The quantitative estimate of drug-likeness (QED) is 0.805. The van der Waals surface area contributed by atoms with Crippen molar-refractivity contribution >= 4 is 17.3 Å². The van der Waals surface area contributed by atoms with Gasteiger partial charge >= 0.3 is 0 Å². The van der Waals surface area contributed by atoms with Gasteiger partial charge in [0.2, 0.25) is 5.91 Å². The first kappa shape index (κ1) is 12.3. The van der Waals surface area contributed by atoms with Crippen molar-refractivity contribution in [2.45, 2.75) is 6.42 Å². The van der Waals surface area contributed by atoms with Crippen LogP contribution < -0.4 is 9.80 Å². The SMILES string of the molecule is CN1CC(=O)N2CCc3cc(-c4cncc(F)c4)cc1c32. The van der Waals surface area contributed by atoms with Crippen LogP contribution in [-0.2, 0) is 11.2 Å². The number of halogens is 1. The van der Waals surface area contributed by atoms with Crippen LogP contribution in [0.2, 0.25) is 0 Å². The molecule has 2 aromatic rings. The Hall–Kier alpha value is -2.43. The van der Waals surface area contributed by atoms with Gasteiger partial charge in [0, 0.05) is 25.4 Å². The molecule has 0 bridgehead atoms. The van der Waals surface area contributed by atoms with Crippen LogP contribution >= 0.6 is 0 Å². The number of rotatable bonds is 1. The molecule has 1 aromatic heterocycles. The van der Waals surface area contributed by atoms with Gasteiger partial charge in [0.15, 0.2) is 0 Å². The zero-order chi connectivity index (χ0) is 14.6. The summed E-state index contributed by atoms with van der Waals surface area (Å²) in [4.78, 5) is 19.8. The molecule has 0 saturated carbocycles. The van der Waals surface area contributed by atoms with Gasteiger partial charge in [0.05, 0.1) is 24.1 Å². The molecule has 4 nitrogen and oxygen atoms in total. The molecule has 2 aliphatic heterocycles. The van der Waals surface area contributed by atoms with Gasteiger partial charge in [-0.1, -0.05) is 0 Å². The summed E-state index contributed by atoms with van der Waals surface area (Å²) in [6.07, 6.45) is 3.71. The van der Waals surface area contributed by atoms with Crippen LogP contribution in [-0.4, -0.2) is 31.0 Å². The number of hydrogen-bond donors (Lipinski definition) is 0. The molecule has 0 spiro atoms. The van der Waals surface area contributed by atoms with Crippen LogP contribution in [0.15, 0.2) is 30.6 Å². The van der Waals surface area contributed by atoms with Gasteiger partial charge in [0.1, 0.15) is 5.82 Å². The van der Waals surface area contributed by atoms with Crippen molar-refractivity contribution in [1.82, 2.24) is 4.98 Å². The third-order valence-electron chi connectivity index (χ3n) is 4.17. The summed E-state index contributed by atoms with van der Waals surface area (Å²) in [5, 5.41) is 0. The number of carbonyl (C=O) groups is 1. The predicted octanol–water partition coefficient (Wildman–Crippen LogP) is 2.23. The molecule has 0 N–H and O–H groups in total. The van der Waals surface area contributed by atoms with E-state index in [0.29, 0.717) is 6.54 Å². The van der Waals surface area contributed by atoms with Crippen LogP contribution in [0, 0.1) is 5.82 Å². The van der Waals surface area contributed by atoms with Crippen LogP contribution in [0.25, 0.3) is 11.1 Å². The lowest BCUT2D eigenvalue weighted by Gasteiger charge is -2.33. The standard InChI is InChI=1S/C16H14FN3O/c1-19-9-15(21)20-3-2-10-4-11(6-14(19)16(10)20)12-5-13(17)8-18-7-12/h4-8H,2-3,9H2,1H3. The number of benzene rings is 1. The fourth-order valence-corrected chi connectivity index (χ4v) is 3.17. The highest BCUT2D eigenvalue weighted by Gasteiger charge is 2.33. The lowest BCUT2D eigenvalue weighted by atomic mass is 10.00. The minimum atomic E-state index is -0.341. The summed E-state index contributed by atoms with van der Waals surface area (Å²) in [6.45, 7) is 1.12. The van der Waals surface area contributed by atoms with Crippen molar-refractivity contribution < 1.29 is 9.18 Å². The summed E-state index contributed by atoms with van der Waals surface area (Å²) in [5.74, 6) is -0.198. The van der Waals surface area contributed by atoms with E-state index in [4.69, 9.17) is 0 Å². The number of anilines is 2. The monoisotopic (exact) mass is 283 g/mol. The molecule has 1 aromatic carbocycles. The molecular formula is C16H14FN3O. The second kappa shape index (κ2) is 4.28. The zero-order valence-electron chi connectivity index (χ0n) is 11.6. The fourth-order valence-electron chi connectivity index (χ4n) is 3.17. The molecule has 106 valence electrons. The molecule has 3 heterocycles. The summed E-state index contributed by atoms with van der Waals surface area (Å²) in [7, 11) is 1.91. The topological polar surface area (TPSA) is 36.4 Å². The number of likely N-dealkylation sites (N-methyl/N-ethyl adjacent to an activating group) is 1. The smallest absolute Gasteiger partial charge is 0.246 e. The number of nitrogens with zero attached hydrogens (tertiary/aromatic N) is 3. The molecular weight excluding hydrogens is 269 g/mol. The zero-order valence-corrected chi connectivity index (χ0v) is 11.6. The van der Waals surface area contributed by atoms with Crippen LogP contribution in [0.5, 0.6) is 0 Å². The minimum absolute atomic E-state index is 0.143. The Kier molecular flexibility index (Phi) is 2.51. The fraction of sp³-hybridized carbons (Fsp3) is 0.250. The third kappa shape index (κ3) is 1.81. The maximum atomic E-state index is 13.4. The number of aromatic nitrogens is 1. The van der Waals surface area contributed by atoms with Gasteiger partial charge < -0.3 is 9.80 Å². The van der Waals surface area contributed by atoms with E-state index < -0.39 is 0 Å². The number of hydrogen-bond acceptors (Lipinski definition) is 3. The molecule has 0 radical (unpaired) electrons. The Morgan fingerprint density at radius 1 is 1.19 bits per heavy atom. The highest BCUT2D eigenvalue weighted by molar-refractivity contribution is 6.06. The normalized spacial score (nSPS) is 16.4.